The lowest BCUT2D eigenvalue weighted by molar-refractivity contribution is -0.120. The molecule has 1 heterocycles. The third kappa shape index (κ3) is 3.23. The smallest absolute Gasteiger partial charge is 0.224 e. The summed E-state index contributed by atoms with van der Waals surface area (Å²) in [5, 5.41) is 2.83. The van der Waals surface area contributed by atoms with E-state index >= 15 is 0 Å². The Morgan fingerprint density at radius 3 is 2.72 bits per heavy atom. The first-order chi connectivity index (χ1) is 8.65. The predicted molar refractivity (Wildman–Crippen MR) is 70.2 cm³/mol. The van der Waals surface area contributed by atoms with Gasteiger partial charge in [-0.15, -0.1) is 0 Å². The Labute approximate surface area is 107 Å². The van der Waals surface area contributed by atoms with Crippen molar-refractivity contribution < 1.29 is 9.21 Å². The van der Waals surface area contributed by atoms with Gasteiger partial charge in [-0.1, -0.05) is 18.2 Å². The average Bonchev–Trinajstić information content (AvgIpc) is 2.84. The fourth-order valence-corrected chi connectivity index (χ4v) is 1.76. The van der Waals surface area contributed by atoms with Gasteiger partial charge in [0.05, 0.1) is 19.2 Å². The zero-order valence-electron chi connectivity index (χ0n) is 10.7. The molecule has 0 bridgehead atoms. The third-order valence-electron chi connectivity index (χ3n) is 2.98. The Morgan fingerprint density at radius 2 is 2.06 bits per heavy atom. The molecule has 1 aromatic heterocycles. The lowest BCUT2D eigenvalue weighted by atomic mass is 10.0. The van der Waals surface area contributed by atoms with Crippen LogP contribution in [0.4, 0.5) is 0 Å². The maximum Gasteiger partial charge on any atom is 0.224 e. The molecule has 0 aliphatic heterocycles. The summed E-state index contributed by atoms with van der Waals surface area (Å²) < 4.78 is 5.15. The summed E-state index contributed by atoms with van der Waals surface area (Å²) in [5.74, 6) is 0.776. The second-order valence-corrected chi connectivity index (χ2v) is 4.45. The van der Waals surface area contributed by atoms with Crippen LogP contribution in [-0.4, -0.2) is 5.91 Å². The normalized spacial score (nSPS) is 10.3. The van der Waals surface area contributed by atoms with Gasteiger partial charge in [0, 0.05) is 0 Å². The minimum Gasteiger partial charge on any atom is -0.467 e. The molecule has 0 aliphatic rings. The van der Waals surface area contributed by atoms with Gasteiger partial charge in [0.15, 0.2) is 0 Å². The molecule has 0 atom stereocenters. The number of benzene rings is 1. The van der Waals surface area contributed by atoms with Gasteiger partial charge in [0.1, 0.15) is 5.76 Å². The molecule has 0 saturated carbocycles. The first kappa shape index (κ1) is 12.4. The predicted octanol–water partition coefficient (Wildman–Crippen LogP) is 2.76. The van der Waals surface area contributed by atoms with Crippen LogP contribution in [0, 0.1) is 13.8 Å². The van der Waals surface area contributed by atoms with Crippen LogP contribution in [0.1, 0.15) is 22.5 Å². The standard InChI is InChI=1S/C15H17NO2/c1-11-5-6-13(8-12(11)2)9-15(17)16-10-14-4-3-7-18-14/h3-8H,9-10H2,1-2H3,(H,16,17). The Hall–Kier alpha value is -2.03. The fraction of sp³-hybridized carbons (Fsp3) is 0.267. The molecule has 18 heavy (non-hydrogen) atoms. The van der Waals surface area contributed by atoms with Crippen molar-refractivity contribution in [3.8, 4) is 0 Å². The highest BCUT2D eigenvalue weighted by Gasteiger charge is 2.05. The fourth-order valence-electron chi connectivity index (χ4n) is 1.76. The lowest BCUT2D eigenvalue weighted by Crippen LogP contribution is -2.24. The van der Waals surface area contributed by atoms with E-state index in [0.717, 1.165) is 11.3 Å². The van der Waals surface area contributed by atoms with Crippen molar-refractivity contribution in [3.05, 3.63) is 59.0 Å². The van der Waals surface area contributed by atoms with Gasteiger partial charge in [0.25, 0.3) is 0 Å². The van der Waals surface area contributed by atoms with Crippen LogP contribution in [-0.2, 0) is 17.8 Å². The van der Waals surface area contributed by atoms with Crippen LogP contribution in [0.5, 0.6) is 0 Å². The topological polar surface area (TPSA) is 42.2 Å². The zero-order chi connectivity index (χ0) is 13.0. The first-order valence-corrected chi connectivity index (χ1v) is 6.00. The maximum atomic E-state index is 11.8. The van der Waals surface area contributed by atoms with Crippen molar-refractivity contribution >= 4 is 5.91 Å². The van der Waals surface area contributed by atoms with Crippen molar-refractivity contribution in [1.82, 2.24) is 5.32 Å². The summed E-state index contributed by atoms with van der Waals surface area (Å²) in [6, 6.07) is 9.75. The number of nitrogens with one attached hydrogen (secondary N) is 1. The molecule has 3 nitrogen and oxygen atoms in total. The number of hydrogen-bond donors (Lipinski definition) is 1. The molecule has 0 unspecified atom stereocenters. The third-order valence-corrected chi connectivity index (χ3v) is 2.98. The van der Waals surface area contributed by atoms with E-state index in [9.17, 15) is 4.79 Å². The molecule has 3 heteroatoms. The van der Waals surface area contributed by atoms with Crippen LogP contribution in [0.3, 0.4) is 0 Å². The minimum absolute atomic E-state index is 0.00894. The first-order valence-electron chi connectivity index (χ1n) is 6.00. The molecule has 0 aliphatic carbocycles. The molecule has 1 amide bonds. The van der Waals surface area contributed by atoms with Gasteiger partial charge in [0.2, 0.25) is 5.91 Å². The van der Waals surface area contributed by atoms with Gasteiger partial charge < -0.3 is 9.73 Å². The van der Waals surface area contributed by atoms with E-state index in [1.54, 1.807) is 6.26 Å². The summed E-state index contributed by atoms with van der Waals surface area (Å²) in [7, 11) is 0. The molecule has 1 aromatic carbocycles. The summed E-state index contributed by atoms with van der Waals surface area (Å²) in [6.07, 6.45) is 2.01. The zero-order valence-corrected chi connectivity index (χ0v) is 10.7. The number of hydrogen-bond acceptors (Lipinski definition) is 2. The average molecular weight is 243 g/mol. The van der Waals surface area contributed by atoms with Crippen LogP contribution < -0.4 is 5.32 Å². The van der Waals surface area contributed by atoms with E-state index in [-0.39, 0.29) is 5.91 Å². The van der Waals surface area contributed by atoms with Crippen molar-refractivity contribution in [1.29, 1.82) is 0 Å². The molecule has 0 radical (unpaired) electrons. The van der Waals surface area contributed by atoms with Gasteiger partial charge in [-0.2, -0.15) is 0 Å². The molecular weight excluding hydrogens is 226 g/mol. The quantitative estimate of drug-likeness (QED) is 0.897. The van der Waals surface area contributed by atoms with Crippen molar-refractivity contribution in [2.24, 2.45) is 0 Å². The number of rotatable bonds is 4. The second kappa shape index (κ2) is 5.54. The van der Waals surface area contributed by atoms with Crippen LogP contribution in [0.15, 0.2) is 41.0 Å². The molecule has 1 N–H and O–H groups in total. The molecule has 2 aromatic rings. The molecule has 0 spiro atoms. The Balaban J connectivity index is 1.88. The number of amides is 1. The highest BCUT2D eigenvalue weighted by molar-refractivity contribution is 5.78. The molecule has 94 valence electrons. The van der Waals surface area contributed by atoms with Crippen molar-refractivity contribution in [2.45, 2.75) is 26.8 Å². The van der Waals surface area contributed by atoms with Crippen molar-refractivity contribution in [2.75, 3.05) is 0 Å². The summed E-state index contributed by atoms with van der Waals surface area (Å²) in [4.78, 5) is 11.8. The van der Waals surface area contributed by atoms with Gasteiger partial charge in [-0.3, -0.25) is 4.79 Å². The molecule has 2 rings (SSSR count). The number of aryl methyl sites for hydroxylation is 2. The molecular formula is C15H17NO2. The number of carbonyl (C=O) groups excluding carboxylic acids is 1. The van der Waals surface area contributed by atoms with Crippen LogP contribution in [0.2, 0.25) is 0 Å². The van der Waals surface area contributed by atoms with E-state index in [4.69, 9.17) is 4.42 Å². The van der Waals surface area contributed by atoms with Crippen LogP contribution in [0.25, 0.3) is 0 Å². The van der Waals surface area contributed by atoms with Crippen molar-refractivity contribution in [3.63, 3.8) is 0 Å². The largest absolute Gasteiger partial charge is 0.467 e. The Bertz CT molecular complexity index is 529. The Kier molecular flexibility index (Phi) is 3.82. The number of carbonyl (C=O) groups is 1. The van der Waals surface area contributed by atoms with E-state index in [0.29, 0.717) is 13.0 Å². The second-order valence-electron chi connectivity index (χ2n) is 4.45. The maximum absolute atomic E-state index is 11.8. The van der Waals surface area contributed by atoms with Gasteiger partial charge >= 0.3 is 0 Å². The highest BCUT2D eigenvalue weighted by Crippen LogP contribution is 2.10. The Morgan fingerprint density at radius 1 is 1.22 bits per heavy atom. The van der Waals surface area contributed by atoms with E-state index in [2.05, 4.69) is 25.2 Å². The van der Waals surface area contributed by atoms with E-state index in [1.807, 2.05) is 24.3 Å². The van der Waals surface area contributed by atoms with Crippen LogP contribution >= 0.6 is 0 Å². The van der Waals surface area contributed by atoms with E-state index in [1.165, 1.54) is 11.1 Å². The summed E-state index contributed by atoms with van der Waals surface area (Å²) >= 11 is 0. The SMILES string of the molecule is Cc1ccc(CC(=O)NCc2ccco2)cc1C. The summed E-state index contributed by atoms with van der Waals surface area (Å²) in [5.41, 5.74) is 3.50. The number of furan rings is 1. The molecule has 0 saturated heterocycles. The summed E-state index contributed by atoms with van der Waals surface area (Å²) in [6.45, 7) is 4.56. The van der Waals surface area contributed by atoms with Gasteiger partial charge in [-0.05, 0) is 42.7 Å². The minimum atomic E-state index is 0.00894. The highest BCUT2D eigenvalue weighted by atomic mass is 16.3. The molecule has 0 fully saturated rings. The van der Waals surface area contributed by atoms with E-state index < -0.39 is 0 Å². The van der Waals surface area contributed by atoms with Gasteiger partial charge in [-0.25, -0.2) is 0 Å². The lowest BCUT2D eigenvalue weighted by Gasteiger charge is -2.06. The monoisotopic (exact) mass is 243 g/mol.